The van der Waals surface area contributed by atoms with E-state index in [0.29, 0.717) is 18.5 Å². The topological polar surface area (TPSA) is 58.4 Å². The van der Waals surface area contributed by atoms with Crippen LogP contribution in [0.15, 0.2) is 42.7 Å². The molecule has 0 saturated carbocycles. The second kappa shape index (κ2) is 7.04. The molecule has 0 fully saturated rings. The van der Waals surface area contributed by atoms with Gasteiger partial charge in [-0.15, -0.1) is 0 Å². The summed E-state index contributed by atoms with van der Waals surface area (Å²) in [6.45, 7) is 4.61. The van der Waals surface area contributed by atoms with Crippen LogP contribution in [0.25, 0.3) is 5.69 Å². The zero-order valence-electron chi connectivity index (χ0n) is 12.4. The van der Waals surface area contributed by atoms with Gasteiger partial charge in [0, 0.05) is 37.2 Å². The highest BCUT2D eigenvalue weighted by Gasteiger charge is 2.18. The SMILES string of the molecule is CC(C)N(CCCO)C(=O)c1ccc(-n2cccn2)cc1. The third-order valence-electron chi connectivity index (χ3n) is 3.32. The van der Waals surface area contributed by atoms with Crippen molar-refractivity contribution in [1.82, 2.24) is 14.7 Å². The minimum atomic E-state index is -0.00883. The molecule has 0 atom stereocenters. The number of hydrogen-bond donors (Lipinski definition) is 1. The lowest BCUT2D eigenvalue weighted by Gasteiger charge is -2.26. The highest BCUT2D eigenvalue weighted by atomic mass is 16.3. The van der Waals surface area contributed by atoms with Crippen molar-refractivity contribution in [3.05, 3.63) is 48.3 Å². The molecule has 1 heterocycles. The smallest absolute Gasteiger partial charge is 0.254 e. The van der Waals surface area contributed by atoms with Gasteiger partial charge in [-0.2, -0.15) is 5.10 Å². The summed E-state index contributed by atoms with van der Waals surface area (Å²) < 4.78 is 1.75. The number of carbonyl (C=O) groups is 1. The van der Waals surface area contributed by atoms with Gasteiger partial charge in [0.25, 0.3) is 5.91 Å². The van der Waals surface area contributed by atoms with Gasteiger partial charge in [-0.3, -0.25) is 4.79 Å². The summed E-state index contributed by atoms with van der Waals surface area (Å²) >= 11 is 0. The number of hydrogen-bond acceptors (Lipinski definition) is 3. The number of aliphatic hydroxyl groups is 1. The number of nitrogens with zero attached hydrogens (tertiary/aromatic N) is 3. The molecule has 1 aromatic carbocycles. The number of carbonyl (C=O) groups excluding carboxylic acids is 1. The highest BCUT2D eigenvalue weighted by Crippen LogP contribution is 2.13. The molecule has 1 N–H and O–H groups in total. The van der Waals surface area contributed by atoms with Crippen LogP contribution in [0.4, 0.5) is 0 Å². The Balaban J connectivity index is 2.14. The van der Waals surface area contributed by atoms with Crippen molar-refractivity contribution in [3.8, 4) is 5.69 Å². The van der Waals surface area contributed by atoms with Crippen LogP contribution in [0, 0.1) is 0 Å². The first-order valence-electron chi connectivity index (χ1n) is 7.15. The van der Waals surface area contributed by atoms with Gasteiger partial charge in [0.2, 0.25) is 0 Å². The lowest BCUT2D eigenvalue weighted by molar-refractivity contribution is 0.0693. The quantitative estimate of drug-likeness (QED) is 0.885. The molecule has 112 valence electrons. The number of aromatic nitrogens is 2. The van der Waals surface area contributed by atoms with Gasteiger partial charge in [-0.25, -0.2) is 4.68 Å². The Morgan fingerprint density at radius 2 is 2.05 bits per heavy atom. The third-order valence-corrected chi connectivity index (χ3v) is 3.32. The third kappa shape index (κ3) is 3.70. The van der Waals surface area contributed by atoms with Crippen molar-refractivity contribution in [2.45, 2.75) is 26.3 Å². The molecule has 2 rings (SSSR count). The Labute approximate surface area is 124 Å². The molecular formula is C16H21N3O2. The molecular weight excluding hydrogens is 266 g/mol. The molecule has 0 saturated heterocycles. The van der Waals surface area contributed by atoms with Crippen molar-refractivity contribution < 1.29 is 9.90 Å². The van der Waals surface area contributed by atoms with Crippen LogP contribution in [0.3, 0.4) is 0 Å². The van der Waals surface area contributed by atoms with Crippen molar-refractivity contribution >= 4 is 5.91 Å². The molecule has 0 radical (unpaired) electrons. The van der Waals surface area contributed by atoms with Crippen molar-refractivity contribution in [3.63, 3.8) is 0 Å². The minimum absolute atomic E-state index is 0.00883. The molecule has 21 heavy (non-hydrogen) atoms. The molecule has 5 nitrogen and oxygen atoms in total. The maximum absolute atomic E-state index is 12.5. The number of aliphatic hydroxyl groups excluding tert-OH is 1. The van der Waals surface area contributed by atoms with E-state index in [-0.39, 0.29) is 18.6 Å². The van der Waals surface area contributed by atoms with Crippen molar-refractivity contribution in [2.75, 3.05) is 13.2 Å². The fourth-order valence-electron chi connectivity index (χ4n) is 2.18. The van der Waals surface area contributed by atoms with Gasteiger partial charge >= 0.3 is 0 Å². The molecule has 0 aliphatic heterocycles. The van der Waals surface area contributed by atoms with Gasteiger partial charge < -0.3 is 10.0 Å². The largest absolute Gasteiger partial charge is 0.396 e. The molecule has 0 unspecified atom stereocenters. The Bertz CT molecular complexity index is 562. The summed E-state index contributed by atoms with van der Waals surface area (Å²) in [7, 11) is 0. The predicted molar refractivity (Wildman–Crippen MR) is 81.4 cm³/mol. The van der Waals surface area contributed by atoms with Gasteiger partial charge in [0.1, 0.15) is 0 Å². The Hall–Kier alpha value is -2.14. The van der Waals surface area contributed by atoms with Crippen LogP contribution in [0.5, 0.6) is 0 Å². The normalized spacial score (nSPS) is 10.9. The molecule has 0 aliphatic carbocycles. The second-order valence-electron chi connectivity index (χ2n) is 5.17. The molecule has 2 aromatic rings. The first kappa shape index (κ1) is 15.3. The van der Waals surface area contributed by atoms with Crippen molar-refractivity contribution in [2.24, 2.45) is 0 Å². The number of benzene rings is 1. The zero-order chi connectivity index (χ0) is 15.2. The average molecular weight is 287 g/mol. The van der Waals surface area contributed by atoms with E-state index >= 15 is 0 Å². The number of amides is 1. The molecule has 0 aliphatic rings. The molecule has 0 bridgehead atoms. The van der Waals surface area contributed by atoms with E-state index in [4.69, 9.17) is 5.11 Å². The van der Waals surface area contributed by atoms with Crippen molar-refractivity contribution in [1.29, 1.82) is 0 Å². The van der Waals surface area contributed by atoms with Crippen LogP contribution in [0.1, 0.15) is 30.6 Å². The molecule has 1 amide bonds. The van der Waals surface area contributed by atoms with Crippen LogP contribution < -0.4 is 0 Å². The van der Waals surface area contributed by atoms with Gasteiger partial charge in [0.05, 0.1) is 5.69 Å². The lowest BCUT2D eigenvalue weighted by atomic mass is 10.1. The number of rotatable bonds is 6. The fourth-order valence-corrected chi connectivity index (χ4v) is 2.18. The van der Waals surface area contributed by atoms with E-state index < -0.39 is 0 Å². The second-order valence-corrected chi connectivity index (χ2v) is 5.17. The van der Waals surface area contributed by atoms with Crippen LogP contribution in [-0.2, 0) is 0 Å². The lowest BCUT2D eigenvalue weighted by Crippen LogP contribution is -2.38. The van der Waals surface area contributed by atoms with E-state index in [1.807, 2.05) is 50.4 Å². The van der Waals surface area contributed by atoms with Crippen LogP contribution in [-0.4, -0.2) is 44.9 Å². The van der Waals surface area contributed by atoms with E-state index in [1.165, 1.54) is 0 Å². The highest BCUT2D eigenvalue weighted by molar-refractivity contribution is 5.94. The Morgan fingerprint density at radius 1 is 1.33 bits per heavy atom. The average Bonchev–Trinajstić information content (AvgIpc) is 3.01. The van der Waals surface area contributed by atoms with E-state index in [9.17, 15) is 4.79 Å². The van der Waals surface area contributed by atoms with Gasteiger partial charge in [-0.05, 0) is 50.6 Å². The van der Waals surface area contributed by atoms with Gasteiger partial charge in [-0.1, -0.05) is 0 Å². The minimum Gasteiger partial charge on any atom is -0.396 e. The van der Waals surface area contributed by atoms with Gasteiger partial charge in [0.15, 0.2) is 0 Å². The Morgan fingerprint density at radius 3 is 2.57 bits per heavy atom. The first-order chi connectivity index (χ1) is 10.1. The first-order valence-corrected chi connectivity index (χ1v) is 7.15. The summed E-state index contributed by atoms with van der Waals surface area (Å²) in [6, 6.07) is 9.35. The standard InChI is InChI=1S/C16H21N3O2/c1-13(2)18(10-4-12-20)16(21)14-5-7-15(8-6-14)19-11-3-9-17-19/h3,5-9,11,13,20H,4,10,12H2,1-2H3. The Kier molecular flexibility index (Phi) is 5.11. The molecule has 0 spiro atoms. The fraction of sp³-hybridized carbons (Fsp3) is 0.375. The summed E-state index contributed by atoms with van der Waals surface area (Å²) in [5.41, 5.74) is 1.57. The maximum atomic E-state index is 12.5. The maximum Gasteiger partial charge on any atom is 0.254 e. The van der Waals surface area contributed by atoms with E-state index in [2.05, 4.69) is 5.10 Å². The molecule has 1 aromatic heterocycles. The summed E-state index contributed by atoms with van der Waals surface area (Å²) in [4.78, 5) is 14.3. The summed E-state index contributed by atoms with van der Waals surface area (Å²) in [5, 5.41) is 13.1. The monoisotopic (exact) mass is 287 g/mol. The van der Waals surface area contributed by atoms with E-state index in [0.717, 1.165) is 5.69 Å². The van der Waals surface area contributed by atoms with Crippen LogP contribution >= 0.6 is 0 Å². The zero-order valence-corrected chi connectivity index (χ0v) is 12.4. The van der Waals surface area contributed by atoms with Crippen LogP contribution in [0.2, 0.25) is 0 Å². The summed E-state index contributed by atoms with van der Waals surface area (Å²) in [6.07, 6.45) is 4.17. The van der Waals surface area contributed by atoms with E-state index in [1.54, 1.807) is 15.8 Å². The predicted octanol–water partition coefficient (Wildman–Crippen LogP) is 2.11. The molecule has 5 heteroatoms. The summed E-state index contributed by atoms with van der Waals surface area (Å²) in [5.74, 6) is -0.00883.